The number of hydrogen-bond donors (Lipinski definition) is 0. The zero-order valence-corrected chi connectivity index (χ0v) is 10.7. The van der Waals surface area contributed by atoms with Crippen molar-refractivity contribution in [3.8, 4) is 0 Å². The summed E-state index contributed by atoms with van der Waals surface area (Å²) in [5.41, 5.74) is 1.58. The normalized spacial score (nSPS) is 16.1. The van der Waals surface area contributed by atoms with Gasteiger partial charge >= 0.3 is 0 Å². The first-order valence-corrected chi connectivity index (χ1v) is 5.62. The Bertz CT molecular complexity index is 249. The second kappa shape index (κ2) is 6.08. The molecule has 0 unspecified atom stereocenters. The van der Waals surface area contributed by atoms with Crippen molar-refractivity contribution >= 4 is 11.6 Å². The van der Waals surface area contributed by atoms with Crippen LogP contribution in [0.25, 0.3) is 0 Å². The first-order chi connectivity index (χ1) is 6.50. The summed E-state index contributed by atoms with van der Waals surface area (Å²) in [7, 11) is 0. The second-order valence-corrected chi connectivity index (χ2v) is 4.50. The van der Waals surface area contributed by atoms with Gasteiger partial charge in [-0.05, 0) is 23.5 Å². The molecule has 1 aliphatic rings. The van der Waals surface area contributed by atoms with Gasteiger partial charge in [-0.25, -0.2) is 0 Å². The molecule has 1 rings (SSSR count). The SMILES string of the molecule is CC.CC(C)(C)C1=CCC=C(Cl)C=C1. The summed E-state index contributed by atoms with van der Waals surface area (Å²) < 4.78 is 0. The number of hydrogen-bond acceptors (Lipinski definition) is 0. The van der Waals surface area contributed by atoms with Crippen LogP contribution < -0.4 is 0 Å². The quantitative estimate of drug-likeness (QED) is 0.526. The highest BCUT2D eigenvalue weighted by Gasteiger charge is 2.14. The van der Waals surface area contributed by atoms with E-state index in [2.05, 4.69) is 32.9 Å². The minimum atomic E-state index is 0.228. The first kappa shape index (κ1) is 13.5. The summed E-state index contributed by atoms with van der Waals surface area (Å²) in [6.45, 7) is 10.6. The van der Waals surface area contributed by atoms with Gasteiger partial charge in [-0.1, -0.05) is 64.4 Å². The third kappa shape index (κ3) is 4.66. The van der Waals surface area contributed by atoms with Crippen LogP contribution in [0.2, 0.25) is 0 Å². The second-order valence-electron chi connectivity index (χ2n) is 4.07. The Hall–Kier alpha value is -0.490. The van der Waals surface area contributed by atoms with E-state index in [0.29, 0.717) is 0 Å². The molecule has 0 aliphatic heterocycles. The van der Waals surface area contributed by atoms with Gasteiger partial charge in [0.25, 0.3) is 0 Å². The minimum Gasteiger partial charge on any atom is -0.0847 e. The molecule has 0 heterocycles. The monoisotopic (exact) mass is 212 g/mol. The molecule has 80 valence electrons. The third-order valence-corrected chi connectivity index (χ3v) is 2.22. The van der Waals surface area contributed by atoms with Gasteiger partial charge in [0.1, 0.15) is 0 Å². The molecule has 0 spiro atoms. The lowest BCUT2D eigenvalue weighted by Gasteiger charge is -2.19. The van der Waals surface area contributed by atoms with Crippen LogP contribution in [0.15, 0.2) is 34.9 Å². The van der Waals surface area contributed by atoms with E-state index in [1.54, 1.807) is 0 Å². The minimum absolute atomic E-state index is 0.228. The van der Waals surface area contributed by atoms with Crippen molar-refractivity contribution in [3.63, 3.8) is 0 Å². The largest absolute Gasteiger partial charge is 0.0847 e. The maximum absolute atomic E-state index is 5.88. The van der Waals surface area contributed by atoms with Crippen LogP contribution in [-0.4, -0.2) is 0 Å². The fourth-order valence-electron chi connectivity index (χ4n) is 1.16. The zero-order valence-electron chi connectivity index (χ0n) is 9.89. The van der Waals surface area contributed by atoms with Crippen LogP contribution >= 0.6 is 11.6 Å². The summed E-state index contributed by atoms with van der Waals surface area (Å²) >= 11 is 5.88. The summed E-state index contributed by atoms with van der Waals surface area (Å²) in [6, 6.07) is 0. The van der Waals surface area contributed by atoms with Gasteiger partial charge in [0.05, 0.1) is 0 Å². The van der Waals surface area contributed by atoms with Crippen LogP contribution in [0.1, 0.15) is 41.0 Å². The van der Waals surface area contributed by atoms with E-state index in [-0.39, 0.29) is 5.41 Å². The highest BCUT2D eigenvalue weighted by molar-refractivity contribution is 6.31. The zero-order chi connectivity index (χ0) is 11.2. The van der Waals surface area contributed by atoms with Crippen molar-refractivity contribution in [2.45, 2.75) is 41.0 Å². The Morgan fingerprint density at radius 1 is 1.07 bits per heavy atom. The van der Waals surface area contributed by atoms with Gasteiger partial charge in [-0.15, -0.1) is 0 Å². The first-order valence-electron chi connectivity index (χ1n) is 5.24. The molecule has 0 saturated carbocycles. The predicted molar refractivity (Wildman–Crippen MR) is 66.6 cm³/mol. The molecular formula is C13H21Cl. The molecule has 0 aromatic rings. The van der Waals surface area contributed by atoms with Crippen molar-refractivity contribution < 1.29 is 0 Å². The Morgan fingerprint density at radius 3 is 2.14 bits per heavy atom. The van der Waals surface area contributed by atoms with E-state index >= 15 is 0 Å². The maximum Gasteiger partial charge on any atom is 0.0369 e. The molecule has 0 aromatic carbocycles. The third-order valence-electron chi connectivity index (χ3n) is 1.94. The Balaban J connectivity index is 0.000000791. The standard InChI is InChI=1S/C11H15Cl.C2H6/c1-11(2,3)9-5-4-6-10(12)8-7-9;1-2/h5-8H,4H2,1-3H3;1-2H3. The Labute approximate surface area is 93.4 Å². The topological polar surface area (TPSA) is 0 Å². The lowest BCUT2D eigenvalue weighted by molar-refractivity contribution is 0.515. The summed E-state index contributed by atoms with van der Waals surface area (Å²) in [5.74, 6) is 0. The molecule has 1 heteroatoms. The van der Waals surface area contributed by atoms with Crippen molar-refractivity contribution in [1.29, 1.82) is 0 Å². The molecule has 14 heavy (non-hydrogen) atoms. The smallest absolute Gasteiger partial charge is 0.0369 e. The Kier molecular flexibility index (Phi) is 5.87. The fourth-order valence-corrected chi connectivity index (χ4v) is 1.31. The molecule has 0 nitrogen and oxygen atoms in total. The molecule has 1 aliphatic carbocycles. The van der Waals surface area contributed by atoms with Crippen LogP contribution in [0, 0.1) is 5.41 Å². The average Bonchev–Trinajstić information content (AvgIpc) is 2.32. The van der Waals surface area contributed by atoms with Crippen LogP contribution in [-0.2, 0) is 0 Å². The van der Waals surface area contributed by atoms with Crippen molar-refractivity contribution in [3.05, 3.63) is 34.9 Å². The van der Waals surface area contributed by atoms with Crippen molar-refractivity contribution in [1.82, 2.24) is 0 Å². The van der Waals surface area contributed by atoms with Gasteiger partial charge in [-0.3, -0.25) is 0 Å². The number of rotatable bonds is 0. The van der Waals surface area contributed by atoms with E-state index in [1.807, 2.05) is 26.0 Å². The lowest BCUT2D eigenvalue weighted by Crippen LogP contribution is -2.06. The van der Waals surface area contributed by atoms with Gasteiger partial charge < -0.3 is 0 Å². The lowest BCUT2D eigenvalue weighted by atomic mass is 9.86. The van der Waals surface area contributed by atoms with Gasteiger partial charge in [0.2, 0.25) is 0 Å². The molecule has 0 atom stereocenters. The van der Waals surface area contributed by atoms with E-state index in [4.69, 9.17) is 11.6 Å². The van der Waals surface area contributed by atoms with Gasteiger partial charge in [0, 0.05) is 5.03 Å². The molecule has 0 aromatic heterocycles. The van der Waals surface area contributed by atoms with Crippen molar-refractivity contribution in [2.75, 3.05) is 0 Å². The molecule has 0 fully saturated rings. The summed E-state index contributed by atoms with van der Waals surface area (Å²) in [5, 5.41) is 0.838. The molecule has 0 saturated heterocycles. The summed E-state index contributed by atoms with van der Waals surface area (Å²) in [6.07, 6.45) is 9.26. The van der Waals surface area contributed by atoms with E-state index < -0.39 is 0 Å². The van der Waals surface area contributed by atoms with E-state index in [0.717, 1.165) is 11.5 Å². The average molecular weight is 213 g/mol. The molecule has 0 bridgehead atoms. The van der Waals surface area contributed by atoms with Crippen molar-refractivity contribution in [2.24, 2.45) is 5.41 Å². The maximum atomic E-state index is 5.88. The van der Waals surface area contributed by atoms with Crippen LogP contribution in [0.4, 0.5) is 0 Å². The van der Waals surface area contributed by atoms with Gasteiger partial charge in [0.15, 0.2) is 0 Å². The van der Waals surface area contributed by atoms with Crippen LogP contribution in [0.5, 0.6) is 0 Å². The highest BCUT2D eigenvalue weighted by atomic mass is 35.5. The molecule has 0 radical (unpaired) electrons. The number of halogens is 1. The van der Waals surface area contributed by atoms with E-state index in [1.165, 1.54) is 5.57 Å². The van der Waals surface area contributed by atoms with Crippen LogP contribution in [0.3, 0.4) is 0 Å². The van der Waals surface area contributed by atoms with Gasteiger partial charge in [-0.2, -0.15) is 0 Å². The number of allylic oxidation sites excluding steroid dienone is 6. The predicted octanol–water partition coefficient (Wildman–Crippen LogP) is 5.07. The summed E-state index contributed by atoms with van der Waals surface area (Å²) in [4.78, 5) is 0. The molecule has 0 N–H and O–H groups in total. The fraction of sp³-hybridized carbons (Fsp3) is 0.538. The highest BCUT2D eigenvalue weighted by Crippen LogP contribution is 2.28. The van der Waals surface area contributed by atoms with E-state index in [9.17, 15) is 0 Å². The Morgan fingerprint density at radius 2 is 1.64 bits per heavy atom. The molecular weight excluding hydrogens is 192 g/mol. The molecule has 0 amide bonds.